The fourth-order valence-corrected chi connectivity index (χ4v) is 2.81. The number of amides is 1. The lowest BCUT2D eigenvalue weighted by Gasteiger charge is -2.10. The SMILES string of the molecule is COc1ccc(N=Cc2cc(Cl)ccc2OCC(=O)Nc2cccc(C)c2)cc1. The van der Waals surface area contributed by atoms with Gasteiger partial charge in [0.25, 0.3) is 5.91 Å². The fourth-order valence-electron chi connectivity index (χ4n) is 2.63. The number of rotatable bonds is 7. The molecule has 0 aliphatic heterocycles. The van der Waals surface area contributed by atoms with Crippen LogP contribution in [0.5, 0.6) is 11.5 Å². The number of nitrogens with zero attached hydrogens (tertiary/aromatic N) is 1. The van der Waals surface area contributed by atoms with E-state index in [1.54, 1.807) is 31.5 Å². The van der Waals surface area contributed by atoms with Crippen molar-refractivity contribution in [3.63, 3.8) is 0 Å². The quantitative estimate of drug-likeness (QED) is 0.530. The standard InChI is InChI=1S/C23H21ClN2O3/c1-16-4-3-5-20(12-16)26-23(27)15-29-22-11-6-18(24)13-17(22)14-25-19-7-9-21(28-2)10-8-19/h3-14H,15H2,1-2H3,(H,26,27). The van der Waals surface area contributed by atoms with Crippen LogP contribution < -0.4 is 14.8 Å². The molecule has 0 bridgehead atoms. The number of benzene rings is 3. The number of aliphatic imine (C=N–C) groups is 1. The number of nitrogens with one attached hydrogen (secondary N) is 1. The molecule has 1 amide bonds. The molecule has 0 heterocycles. The number of carbonyl (C=O) groups excluding carboxylic acids is 1. The van der Waals surface area contributed by atoms with Crippen LogP contribution in [0.2, 0.25) is 5.02 Å². The maximum atomic E-state index is 12.2. The Kier molecular flexibility index (Phi) is 6.87. The van der Waals surface area contributed by atoms with Crippen molar-refractivity contribution in [1.29, 1.82) is 0 Å². The molecule has 148 valence electrons. The van der Waals surface area contributed by atoms with Crippen LogP contribution in [0.4, 0.5) is 11.4 Å². The van der Waals surface area contributed by atoms with Gasteiger partial charge in [-0.1, -0.05) is 23.7 Å². The Hall–Kier alpha value is -3.31. The predicted molar refractivity (Wildman–Crippen MR) is 117 cm³/mol. The Bertz CT molecular complexity index is 1020. The monoisotopic (exact) mass is 408 g/mol. The van der Waals surface area contributed by atoms with Gasteiger partial charge in [-0.25, -0.2) is 0 Å². The van der Waals surface area contributed by atoms with Crippen LogP contribution in [0.15, 0.2) is 71.7 Å². The van der Waals surface area contributed by atoms with Crippen LogP contribution in [0, 0.1) is 6.92 Å². The lowest BCUT2D eigenvalue weighted by Crippen LogP contribution is -2.20. The minimum Gasteiger partial charge on any atom is -0.497 e. The average molecular weight is 409 g/mol. The molecule has 0 spiro atoms. The highest BCUT2D eigenvalue weighted by atomic mass is 35.5. The van der Waals surface area contributed by atoms with Gasteiger partial charge in [-0.15, -0.1) is 0 Å². The van der Waals surface area contributed by atoms with E-state index >= 15 is 0 Å². The van der Waals surface area contributed by atoms with Crippen molar-refractivity contribution in [1.82, 2.24) is 0 Å². The second-order valence-corrected chi connectivity index (χ2v) is 6.78. The van der Waals surface area contributed by atoms with Crippen molar-refractivity contribution in [2.75, 3.05) is 19.0 Å². The molecule has 0 radical (unpaired) electrons. The van der Waals surface area contributed by atoms with Crippen LogP contribution in [-0.2, 0) is 4.79 Å². The summed E-state index contributed by atoms with van der Waals surface area (Å²) >= 11 is 6.11. The topological polar surface area (TPSA) is 59.9 Å². The van der Waals surface area contributed by atoms with Crippen molar-refractivity contribution in [3.05, 3.63) is 82.9 Å². The third kappa shape index (κ3) is 6.09. The Balaban J connectivity index is 1.67. The molecule has 0 saturated heterocycles. The average Bonchev–Trinajstić information content (AvgIpc) is 2.72. The molecule has 5 nitrogen and oxygen atoms in total. The zero-order valence-electron chi connectivity index (χ0n) is 16.2. The highest BCUT2D eigenvalue weighted by Crippen LogP contribution is 2.23. The summed E-state index contributed by atoms with van der Waals surface area (Å²) in [6.07, 6.45) is 1.65. The van der Waals surface area contributed by atoms with Gasteiger partial charge in [0.05, 0.1) is 12.8 Å². The molecule has 3 aromatic carbocycles. The van der Waals surface area contributed by atoms with Gasteiger partial charge >= 0.3 is 0 Å². The molecule has 3 aromatic rings. The van der Waals surface area contributed by atoms with Gasteiger partial charge in [-0.05, 0) is 67.1 Å². The summed E-state index contributed by atoms with van der Waals surface area (Å²) in [6.45, 7) is 1.84. The van der Waals surface area contributed by atoms with Crippen LogP contribution >= 0.6 is 11.6 Å². The summed E-state index contributed by atoms with van der Waals surface area (Å²) in [5.74, 6) is 1.03. The summed E-state index contributed by atoms with van der Waals surface area (Å²) in [7, 11) is 1.61. The number of halogens is 1. The highest BCUT2D eigenvalue weighted by molar-refractivity contribution is 6.30. The highest BCUT2D eigenvalue weighted by Gasteiger charge is 2.08. The Morgan fingerprint density at radius 2 is 1.90 bits per heavy atom. The minimum absolute atomic E-state index is 0.126. The fraction of sp³-hybridized carbons (Fsp3) is 0.130. The van der Waals surface area contributed by atoms with Crippen molar-refractivity contribution >= 4 is 35.1 Å². The van der Waals surface area contributed by atoms with E-state index in [2.05, 4.69) is 10.3 Å². The summed E-state index contributed by atoms with van der Waals surface area (Å²) in [5, 5.41) is 3.37. The number of hydrogen-bond donors (Lipinski definition) is 1. The number of anilines is 1. The van der Waals surface area contributed by atoms with E-state index in [1.165, 1.54) is 0 Å². The minimum atomic E-state index is -0.247. The van der Waals surface area contributed by atoms with E-state index < -0.39 is 0 Å². The van der Waals surface area contributed by atoms with Crippen LogP contribution in [0.25, 0.3) is 0 Å². The lowest BCUT2D eigenvalue weighted by molar-refractivity contribution is -0.118. The van der Waals surface area contributed by atoms with E-state index in [0.717, 1.165) is 22.7 Å². The number of carbonyl (C=O) groups is 1. The van der Waals surface area contributed by atoms with Crippen molar-refractivity contribution in [2.45, 2.75) is 6.92 Å². The molecule has 3 rings (SSSR count). The van der Waals surface area contributed by atoms with Crippen molar-refractivity contribution < 1.29 is 14.3 Å². The molecule has 6 heteroatoms. The zero-order valence-corrected chi connectivity index (χ0v) is 16.9. The molecule has 29 heavy (non-hydrogen) atoms. The van der Waals surface area contributed by atoms with Gasteiger partial charge in [0.1, 0.15) is 11.5 Å². The molecular formula is C23H21ClN2O3. The van der Waals surface area contributed by atoms with E-state index in [9.17, 15) is 4.79 Å². The lowest BCUT2D eigenvalue weighted by atomic mass is 10.2. The second-order valence-electron chi connectivity index (χ2n) is 6.34. The number of hydrogen-bond acceptors (Lipinski definition) is 4. The second kappa shape index (κ2) is 9.75. The van der Waals surface area contributed by atoms with E-state index in [-0.39, 0.29) is 12.5 Å². The zero-order chi connectivity index (χ0) is 20.6. The molecule has 0 aliphatic carbocycles. The van der Waals surface area contributed by atoms with Gasteiger partial charge in [0.15, 0.2) is 6.61 Å². The first-order chi connectivity index (χ1) is 14.0. The van der Waals surface area contributed by atoms with Crippen molar-refractivity contribution in [2.24, 2.45) is 4.99 Å². The molecule has 1 N–H and O–H groups in total. The molecular weight excluding hydrogens is 388 g/mol. The summed E-state index contributed by atoms with van der Waals surface area (Å²) < 4.78 is 10.8. The smallest absolute Gasteiger partial charge is 0.262 e. The Morgan fingerprint density at radius 1 is 1.10 bits per heavy atom. The van der Waals surface area contributed by atoms with Crippen molar-refractivity contribution in [3.8, 4) is 11.5 Å². The first-order valence-corrected chi connectivity index (χ1v) is 9.38. The van der Waals surface area contributed by atoms with Crippen LogP contribution in [0.1, 0.15) is 11.1 Å². The maximum Gasteiger partial charge on any atom is 0.262 e. The molecule has 0 fully saturated rings. The van der Waals surface area contributed by atoms with Gasteiger partial charge in [-0.2, -0.15) is 0 Å². The summed E-state index contributed by atoms with van der Waals surface area (Å²) in [5.41, 5.74) is 3.24. The van der Waals surface area contributed by atoms with Gasteiger partial charge in [0, 0.05) is 22.5 Å². The third-order valence-corrected chi connectivity index (χ3v) is 4.29. The largest absolute Gasteiger partial charge is 0.497 e. The number of aryl methyl sites for hydroxylation is 1. The predicted octanol–water partition coefficient (Wildman–Crippen LogP) is 5.43. The van der Waals surface area contributed by atoms with Crippen LogP contribution in [0.3, 0.4) is 0 Å². The Morgan fingerprint density at radius 3 is 2.62 bits per heavy atom. The maximum absolute atomic E-state index is 12.2. The molecule has 0 saturated carbocycles. The molecule has 0 aromatic heterocycles. The molecule has 0 unspecified atom stereocenters. The first-order valence-electron chi connectivity index (χ1n) is 9.00. The Labute approximate surface area is 175 Å². The first kappa shape index (κ1) is 20.4. The van der Waals surface area contributed by atoms with Gasteiger partial charge < -0.3 is 14.8 Å². The van der Waals surface area contributed by atoms with E-state index in [1.807, 2.05) is 55.5 Å². The van der Waals surface area contributed by atoms with E-state index in [0.29, 0.717) is 16.3 Å². The number of ether oxygens (including phenoxy) is 2. The number of methoxy groups -OCH3 is 1. The van der Waals surface area contributed by atoms with Gasteiger partial charge in [-0.3, -0.25) is 9.79 Å². The third-order valence-electron chi connectivity index (χ3n) is 4.06. The summed E-state index contributed by atoms with van der Waals surface area (Å²) in [6, 6.07) is 20.1. The van der Waals surface area contributed by atoms with Crippen LogP contribution in [-0.4, -0.2) is 25.8 Å². The molecule has 0 atom stereocenters. The van der Waals surface area contributed by atoms with E-state index in [4.69, 9.17) is 21.1 Å². The molecule has 0 aliphatic rings. The normalized spacial score (nSPS) is 10.7. The van der Waals surface area contributed by atoms with Gasteiger partial charge in [0.2, 0.25) is 0 Å². The summed E-state index contributed by atoms with van der Waals surface area (Å²) in [4.78, 5) is 16.6.